The molecule has 0 radical (unpaired) electrons. The lowest BCUT2D eigenvalue weighted by Gasteiger charge is -2.44. The van der Waals surface area contributed by atoms with Crippen LogP contribution in [0.5, 0.6) is 0 Å². The number of Topliss-reactive ketones (excluding diaryl/α,β-unsaturated/α-hetero) is 1. The Hall–Kier alpha value is -6.12. The van der Waals surface area contributed by atoms with Crippen LogP contribution in [0.4, 0.5) is 0 Å². The van der Waals surface area contributed by atoms with Crippen molar-refractivity contribution in [2.45, 2.75) is 110 Å². The Kier molecular flexibility index (Phi) is 14.1. The summed E-state index contributed by atoms with van der Waals surface area (Å²) in [5.41, 5.74) is -6.06. The topological polar surface area (TPSA) is 201 Å². The first-order valence-electron chi connectivity index (χ1n) is 18.9. The fourth-order valence-corrected chi connectivity index (χ4v) is 7.83. The number of rotatable bonds is 9. The Balaban J connectivity index is 2.16. The number of carbonyl (C=O) groups excluding carboxylic acids is 8. The van der Waals surface area contributed by atoms with Crippen molar-refractivity contribution in [1.82, 2.24) is 0 Å². The molecular formula is C44H50O15. The minimum absolute atomic E-state index is 0.0255. The smallest absolute Gasteiger partial charge is 0.338 e. The lowest BCUT2D eigenvalue weighted by atomic mass is 9.72. The second-order valence-corrected chi connectivity index (χ2v) is 15.5. The van der Waals surface area contributed by atoms with E-state index in [-0.39, 0.29) is 16.7 Å². The quantitative estimate of drug-likeness (QED) is 0.181. The zero-order valence-electron chi connectivity index (χ0n) is 34.5. The highest BCUT2D eigenvalue weighted by Gasteiger charge is 2.72. The van der Waals surface area contributed by atoms with Crippen molar-refractivity contribution in [2.75, 3.05) is 0 Å². The predicted octanol–water partition coefficient (Wildman–Crippen LogP) is 5.23. The molecule has 2 aromatic rings. The molecule has 1 saturated carbocycles. The SMILES string of the molecule is C=C1[C@@H](OC(=O)c2ccccc2)[C@H](OC(C)=O)[C@H](OC(C)=O)C(C)(C)C=C[C@@H](C)C(=O)[C@]2(OC(C)=O)C[C@](C)(OC(=O)c3ccccc3)[C@@H](OC(C)=O)[C@H]2[C@@H]1OC(C)=O. The maximum absolute atomic E-state index is 15.2. The van der Waals surface area contributed by atoms with E-state index in [4.69, 9.17) is 33.2 Å². The van der Waals surface area contributed by atoms with E-state index in [2.05, 4.69) is 6.58 Å². The van der Waals surface area contributed by atoms with Gasteiger partial charge < -0.3 is 33.2 Å². The molecule has 2 aliphatic rings. The summed E-state index contributed by atoms with van der Waals surface area (Å²) in [5.74, 6) is -10.3. The third-order valence-electron chi connectivity index (χ3n) is 10.2. The molecule has 0 amide bonds. The molecule has 0 heterocycles. The number of ketones is 1. The first-order valence-corrected chi connectivity index (χ1v) is 18.9. The average molecular weight is 819 g/mol. The van der Waals surface area contributed by atoms with Crippen LogP contribution < -0.4 is 0 Å². The number of esters is 7. The van der Waals surface area contributed by atoms with Gasteiger partial charge in [0.15, 0.2) is 41.4 Å². The molecule has 0 aliphatic heterocycles. The van der Waals surface area contributed by atoms with Crippen LogP contribution in [0.15, 0.2) is 85.0 Å². The largest absolute Gasteiger partial charge is 0.458 e. The van der Waals surface area contributed by atoms with Crippen LogP contribution in [0.25, 0.3) is 0 Å². The van der Waals surface area contributed by atoms with Crippen molar-refractivity contribution < 1.29 is 71.5 Å². The van der Waals surface area contributed by atoms with Crippen LogP contribution in [0, 0.1) is 17.3 Å². The third kappa shape index (κ3) is 10.3. The molecule has 0 unspecified atom stereocenters. The van der Waals surface area contributed by atoms with E-state index < -0.39 is 113 Å². The van der Waals surface area contributed by atoms with Gasteiger partial charge in [-0.25, -0.2) is 9.59 Å². The molecule has 2 aliphatic carbocycles. The summed E-state index contributed by atoms with van der Waals surface area (Å²) in [6.45, 7) is 15.6. The summed E-state index contributed by atoms with van der Waals surface area (Å²) in [5, 5.41) is 0. The molecule has 15 heteroatoms. The van der Waals surface area contributed by atoms with Crippen LogP contribution >= 0.6 is 0 Å². The summed E-state index contributed by atoms with van der Waals surface area (Å²) < 4.78 is 41.9. The van der Waals surface area contributed by atoms with E-state index in [9.17, 15) is 33.6 Å². The molecule has 15 nitrogen and oxygen atoms in total. The Morgan fingerprint density at radius 2 is 1.10 bits per heavy atom. The molecule has 59 heavy (non-hydrogen) atoms. The molecule has 1 fully saturated rings. The highest BCUT2D eigenvalue weighted by atomic mass is 16.6. The first-order chi connectivity index (χ1) is 27.5. The van der Waals surface area contributed by atoms with Crippen molar-refractivity contribution in [1.29, 1.82) is 0 Å². The molecule has 0 bridgehead atoms. The van der Waals surface area contributed by atoms with Crippen LogP contribution in [0.1, 0.15) is 89.5 Å². The van der Waals surface area contributed by atoms with Crippen LogP contribution in [0.2, 0.25) is 0 Å². The van der Waals surface area contributed by atoms with Gasteiger partial charge in [0.2, 0.25) is 0 Å². The summed E-state index contributed by atoms with van der Waals surface area (Å²) >= 11 is 0. The van der Waals surface area contributed by atoms with Crippen molar-refractivity contribution in [3.05, 3.63) is 96.1 Å². The van der Waals surface area contributed by atoms with Gasteiger partial charge in [0, 0.05) is 57.9 Å². The summed E-state index contributed by atoms with van der Waals surface area (Å²) in [4.78, 5) is 108. The van der Waals surface area contributed by atoms with Crippen LogP contribution in [0.3, 0.4) is 0 Å². The minimum Gasteiger partial charge on any atom is -0.458 e. The molecule has 0 spiro atoms. The standard InChI is InChI=1S/C44H50O15/c1-24-21-22-42(8,9)39(56-29(6)48)36(54-27(4)46)35(57-40(51)31-17-13-11-14-18-31)25(2)34(53-26(3)45)33-38(55-28(5)47)43(10,23-44(33,37(24)50)58-30(7)49)59-41(52)32-19-15-12-16-20-32/h11-22,24,33-36,38-39H,2,23H2,1,3-10H3/t24-,33-,34-,35-,36+,38+,39+,43+,44+/m1/s1. The Morgan fingerprint density at radius 1 is 0.610 bits per heavy atom. The lowest BCUT2D eigenvalue weighted by molar-refractivity contribution is -0.191. The number of carbonyl (C=O) groups is 8. The van der Waals surface area contributed by atoms with Crippen molar-refractivity contribution in [3.63, 3.8) is 0 Å². The van der Waals surface area contributed by atoms with E-state index in [0.29, 0.717) is 0 Å². The van der Waals surface area contributed by atoms with Gasteiger partial charge in [-0.3, -0.25) is 28.8 Å². The van der Waals surface area contributed by atoms with Gasteiger partial charge in [-0.15, -0.1) is 0 Å². The maximum Gasteiger partial charge on any atom is 0.338 e. The van der Waals surface area contributed by atoms with Gasteiger partial charge in [-0.2, -0.15) is 0 Å². The molecule has 0 saturated heterocycles. The fraction of sp³-hybridized carbons (Fsp3) is 0.455. The number of ether oxygens (including phenoxy) is 7. The maximum atomic E-state index is 15.2. The van der Waals surface area contributed by atoms with E-state index >= 15 is 4.79 Å². The fourth-order valence-electron chi connectivity index (χ4n) is 7.83. The van der Waals surface area contributed by atoms with Crippen molar-refractivity contribution >= 4 is 47.6 Å². The van der Waals surface area contributed by atoms with Gasteiger partial charge in [-0.1, -0.05) is 75.9 Å². The summed E-state index contributed by atoms with van der Waals surface area (Å²) in [6.07, 6.45) is -6.45. The number of hydrogen-bond acceptors (Lipinski definition) is 15. The number of fused-ring (bicyclic) bond motifs is 1. The van der Waals surface area contributed by atoms with Gasteiger partial charge in [-0.05, 0) is 31.2 Å². The van der Waals surface area contributed by atoms with Gasteiger partial charge >= 0.3 is 41.8 Å². The molecule has 316 valence electrons. The Bertz CT molecular complexity index is 2000. The summed E-state index contributed by atoms with van der Waals surface area (Å²) in [6, 6.07) is 15.4. The van der Waals surface area contributed by atoms with Gasteiger partial charge in [0.1, 0.15) is 6.10 Å². The molecule has 4 rings (SSSR count). The summed E-state index contributed by atoms with van der Waals surface area (Å²) in [7, 11) is 0. The van der Waals surface area contributed by atoms with E-state index in [1.807, 2.05) is 0 Å². The first kappa shape index (κ1) is 45.6. The van der Waals surface area contributed by atoms with Crippen LogP contribution in [-0.2, 0) is 61.9 Å². The monoisotopic (exact) mass is 818 g/mol. The second kappa shape index (κ2) is 18.2. The average Bonchev–Trinajstić information content (AvgIpc) is 3.38. The zero-order chi connectivity index (χ0) is 44.0. The van der Waals surface area contributed by atoms with Crippen molar-refractivity contribution in [3.8, 4) is 0 Å². The molecule has 9 atom stereocenters. The Morgan fingerprint density at radius 3 is 1.59 bits per heavy atom. The molecular weight excluding hydrogens is 768 g/mol. The number of benzene rings is 2. The second-order valence-electron chi connectivity index (χ2n) is 15.5. The van der Waals surface area contributed by atoms with Gasteiger partial charge in [0.05, 0.1) is 17.0 Å². The third-order valence-corrected chi connectivity index (χ3v) is 10.2. The minimum atomic E-state index is -2.44. The molecule has 2 aromatic carbocycles. The molecule has 0 N–H and O–H groups in total. The highest BCUT2D eigenvalue weighted by Crippen LogP contribution is 2.54. The van der Waals surface area contributed by atoms with E-state index in [0.717, 1.165) is 34.6 Å². The van der Waals surface area contributed by atoms with Gasteiger partial charge in [0.25, 0.3) is 0 Å². The van der Waals surface area contributed by atoms with E-state index in [1.165, 1.54) is 50.3 Å². The Labute approximate surface area is 342 Å². The lowest BCUT2D eigenvalue weighted by Crippen LogP contribution is -2.59. The zero-order valence-corrected chi connectivity index (χ0v) is 34.5. The number of allylic oxidation sites excluding steroid dienone is 1. The van der Waals surface area contributed by atoms with Crippen molar-refractivity contribution in [2.24, 2.45) is 17.3 Å². The normalized spacial score (nSPS) is 28.9. The number of hydrogen-bond donors (Lipinski definition) is 0. The molecule has 0 aromatic heterocycles. The predicted molar refractivity (Wildman–Crippen MR) is 207 cm³/mol. The van der Waals surface area contributed by atoms with E-state index in [1.54, 1.807) is 50.2 Å². The van der Waals surface area contributed by atoms with Crippen LogP contribution in [-0.4, -0.2) is 89.3 Å². The highest BCUT2D eigenvalue weighted by molar-refractivity contribution is 5.95.